The van der Waals surface area contributed by atoms with Gasteiger partial charge in [-0.05, 0) is 48.9 Å². The summed E-state index contributed by atoms with van der Waals surface area (Å²) in [6, 6.07) is 21.2. The highest BCUT2D eigenvalue weighted by molar-refractivity contribution is 5.92. The standard InChI is InChI=1S/C32H33N9O4/c1-32(22-7-4-3-5-8-22,30(42)39-16-14-38(15-17-39)23-10-12-24(13-11-23)44-20-19-43-2)40-21-25-27(36-40)35-31(33)41-29(25)34-28(37-41)26-9-6-18-45-26/h3-13,18,21H,14-17,19-20H2,1-2H3,(H2,33,35,36). The Bertz CT molecular complexity index is 1930. The van der Waals surface area contributed by atoms with Crippen molar-refractivity contribution < 1.29 is 18.7 Å². The molecule has 0 bridgehead atoms. The summed E-state index contributed by atoms with van der Waals surface area (Å²) in [5, 5.41) is 9.91. The van der Waals surface area contributed by atoms with Crippen LogP contribution >= 0.6 is 0 Å². The van der Waals surface area contributed by atoms with Gasteiger partial charge in [0.05, 0.1) is 18.3 Å². The Balaban J connectivity index is 1.18. The number of hydrogen-bond donors (Lipinski definition) is 1. The van der Waals surface area contributed by atoms with E-state index in [1.54, 1.807) is 36.4 Å². The second kappa shape index (κ2) is 11.6. The SMILES string of the molecule is COCCOc1ccc(N2CCN(C(=O)C(C)(c3ccccc3)n3cc4c(nc(N)n5nc(-c6ccco6)nc45)n3)CC2)cc1. The van der Waals surface area contributed by atoms with E-state index >= 15 is 0 Å². The maximum Gasteiger partial charge on any atom is 0.255 e. The van der Waals surface area contributed by atoms with Gasteiger partial charge in [-0.3, -0.25) is 4.79 Å². The van der Waals surface area contributed by atoms with E-state index in [4.69, 9.17) is 24.7 Å². The van der Waals surface area contributed by atoms with Crippen LogP contribution in [-0.4, -0.2) is 86.7 Å². The number of furan rings is 1. The number of anilines is 2. The minimum atomic E-state index is -1.17. The minimum Gasteiger partial charge on any atom is -0.491 e. The number of amides is 1. The summed E-state index contributed by atoms with van der Waals surface area (Å²) in [7, 11) is 1.65. The average Bonchev–Trinajstić information content (AvgIpc) is 3.85. The van der Waals surface area contributed by atoms with Crippen molar-refractivity contribution in [3.05, 3.63) is 84.8 Å². The minimum absolute atomic E-state index is 0.0650. The van der Waals surface area contributed by atoms with Crippen molar-refractivity contribution in [3.8, 4) is 17.3 Å². The molecule has 2 N–H and O–H groups in total. The van der Waals surface area contributed by atoms with Crippen LogP contribution in [0.3, 0.4) is 0 Å². The van der Waals surface area contributed by atoms with E-state index in [1.807, 2.05) is 66.4 Å². The van der Waals surface area contributed by atoms with Gasteiger partial charge in [0.1, 0.15) is 12.4 Å². The van der Waals surface area contributed by atoms with E-state index in [1.165, 1.54) is 4.52 Å². The molecule has 230 valence electrons. The largest absolute Gasteiger partial charge is 0.491 e. The van der Waals surface area contributed by atoms with Crippen LogP contribution in [0.15, 0.2) is 83.6 Å². The van der Waals surface area contributed by atoms with Crippen LogP contribution in [0.1, 0.15) is 12.5 Å². The third-order valence-corrected chi connectivity index (χ3v) is 8.26. The van der Waals surface area contributed by atoms with Crippen molar-refractivity contribution in [1.82, 2.24) is 34.3 Å². The van der Waals surface area contributed by atoms with Crippen LogP contribution in [0.4, 0.5) is 11.6 Å². The number of hydrogen-bond acceptors (Lipinski definition) is 10. The highest BCUT2D eigenvalue weighted by atomic mass is 16.5. The molecule has 6 aromatic rings. The van der Waals surface area contributed by atoms with Gasteiger partial charge in [-0.2, -0.15) is 14.6 Å². The quantitative estimate of drug-likeness (QED) is 0.243. The molecule has 0 saturated carbocycles. The predicted octanol–water partition coefficient (Wildman–Crippen LogP) is 3.45. The van der Waals surface area contributed by atoms with Crippen molar-refractivity contribution >= 4 is 34.2 Å². The average molecular weight is 608 g/mol. The van der Waals surface area contributed by atoms with E-state index in [-0.39, 0.29) is 11.9 Å². The maximum absolute atomic E-state index is 14.5. The number of aromatic nitrogens is 6. The maximum atomic E-state index is 14.5. The Morgan fingerprint density at radius 3 is 2.44 bits per heavy atom. The van der Waals surface area contributed by atoms with Gasteiger partial charge in [-0.1, -0.05) is 30.3 Å². The molecule has 2 aromatic carbocycles. The first kappa shape index (κ1) is 28.3. The third-order valence-electron chi connectivity index (χ3n) is 8.26. The van der Waals surface area contributed by atoms with Gasteiger partial charge >= 0.3 is 0 Å². The Morgan fingerprint density at radius 1 is 0.956 bits per heavy atom. The van der Waals surface area contributed by atoms with Crippen molar-refractivity contribution in [2.75, 3.05) is 57.1 Å². The Hall–Kier alpha value is -5.43. The Labute approximate surface area is 258 Å². The van der Waals surface area contributed by atoms with Crippen molar-refractivity contribution in [1.29, 1.82) is 0 Å². The molecule has 1 atom stereocenters. The lowest BCUT2D eigenvalue weighted by molar-refractivity contribution is -0.138. The zero-order chi connectivity index (χ0) is 31.0. The summed E-state index contributed by atoms with van der Waals surface area (Å²) in [5.41, 5.74) is 7.83. The predicted molar refractivity (Wildman–Crippen MR) is 168 cm³/mol. The summed E-state index contributed by atoms with van der Waals surface area (Å²) in [4.78, 5) is 27.9. The van der Waals surface area contributed by atoms with Crippen LogP contribution in [0.25, 0.3) is 28.3 Å². The van der Waals surface area contributed by atoms with Gasteiger partial charge < -0.3 is 29.4 Å². The second-order valence-electron chi connectivity index (χ2n) is 11.0. The summed E-state index contributed by atoms with van der Waals surface area (Å²) in [6.45, 7) is 5.42. The van der Waals surface area contributed by atoms with E-state index in [9.17, 15) is 4.79 Å². The molecule has 1 unspecified atom stereocenters. The number of benzene rings is 2. The molecule has 1 aliphatic rings. The van der Waals surface area contributed by atoms with Crippen LogP contribution in [-0.2, 0) is 15.1 Å². The van der Waals surface area contributed by atoms with Gasteiger partial charge in [0.25, 0.3) is 5.91 Å². The van der Waals surface area contributed by atoms with E-state index in [2.05, 4.69) is 20.0 Å². The number of fused-ring (bicyclic) bond motifs is 3. The molecule has 1 saturated heterocycles. The molecule has 0 aliphatic carbocycles. The lowest BCUT2D eigenvalue weighted by Gasteiger charge is -2.40. The molecule has 4 aromatic heterocycles. The van der Waals surface area contributed by atoms with Crippen LogP contribution < -0.4 is 15.4 Å². The number of nitrogens with zero attached hydrogens (tertiary/aromatic N) is 8. The number of methoxy groups -OCH3 is 1. The second-order valence-corrected chi connectivity index (χ2v) is 11.0. The molecule has 1 aliphatic heterocycles. The Morgan fingerprint density at radius 2 is 1.73 bits per heavy atom. The molecular weight excluding hydrogens is 574 g/mol. The molecule has 5 heterocycles. The molecule has 0 radical (unpaired) electrons. The first-order chi connectivity index (χ1) is 22.0. The Kier molecular flexibility index (Phi) is 7.29. The molecule has 13 heteroatoms. The first-order valence-corrected chi connectivity index (χ1v) is 14.7. The van der Waals surface area contributed by atoms with Crippen LogP contribution in [0.5, 0.6) is 5.75 Å². The first-order valence-electron chi connectivity index (χ1n) is 14.7. The molecular formula is C32H33N9O4. The topological polar surface area (TPSA) is 142 Å². The summed E-state index contributed by atoms with van der Waals surface area (Å²) in [6.07, 6.45) is 3.36. The van der Waals surface area contributed by atoms with Crippen LogP contribution in [0.2, 0.25) is 0 Å². The van der Waals surface area contributed by atoms with Crippen molar-refractivity contribution in [2.24, 2.45) is 0 Å². The van der Waals surface area contributed by atoms with Crippen molar-refractivity contribution in [3.63, 3.8) is 0 Å². The number of ether oxygens (including phenoxy) is 2. The number of rotatable bonds is 9. The molecule has 45 heavy (non-hydrogen) atoms. The lowest BCUT2D eigenvalue weighted by atomic mass is 9.90. The van der Waals surface area contributed by atoms with Gasteiger partial charge in [-0.25, -0.2) is 9.67 Å². The van der Waals surface area contributed by atoms with Crippen molar-refractivity contribution in [2.45, 2.75) is 12.5 Å². The number of carbonyl (C=O) groups excluding carboxylic acids is 1. The zero-order valence-corrected chi connectivity index (χ0v) is 25.0. The third kappa shape index (κ3) is 5.10. The van der Waals surface area contributed by atoms with E-state index in [0.29, 0.717) is 67.7 Å². The normalized spacial score (nSPS) is 15.1. The monoisotopic (exact) mass is 607 g/mol. The number of piperazine rings is 1. The highest BCUT2D eigenvalue weighted by Crippen LogP contribution is 2.32. The molecule has 0 spiro atoms. The van der Waals surface area contributed by atoms with Gasteiger partial charge in [0.2, 0.25) is 11.8 Å². The van der Waals surface area contributed by atoms with E-state index < -0.39 is 5.54 Å². The summed E-state index contributed by atoms with van der Waals surface area (Å²) in [5.74, 6) is 1.75. The lowest BCUT2D eigenvalue weighted by Crippen LogP contribution is -2.56. The fourth-order valence-electron chi connectivity index (χ4n) is 5.73. The zero-order valence-electron chi connectivity index (χ0n) is 25.0. The van der Waals surface area contributed by atoms with Gasteiger partial charge in [0.15, 0.2) is 22.6 Å². The number of nitrogen functional groups attached to an aromatic ring is 1. The van der Waals surface area contributed by atoms with Crippen LogP contribution in [0, 0.1) is 0 Å². The summed E-state index contributed by atoms with van der Waals surface area (Å²) >= 11 is 0. The summed E-state index contributed by atoms with van der Waals surface area (Å²) < 4.78 is 19.4. The van der Waals surface area contributed by atoms with Gasteiger partial charge in [-0.15, -0.1) is 5.10 Å². The van der Waals surface area contributed by atoms with E-state index in [0.717, 1.165) is 17.0 Å². The van der Waals surface area contributed by atoms with Gasteiger partial charge in [0, 0.05) is 45.2 Å². The fraction of sp³-hybridized carbons (Fsp3) is 0.281. The molecule has 1 fully saturated rings. The smallest absolute Gasteiger partial charge is 0.255 e. The highest BCUT2D eigenvalue weighted by Gasteiger charge is 2.42. The number of nitrogens with two attached hydrogens (primary N) is 1. The fourth-order valence-corrected chi connectivity index (χ4v) is 5.73. The molecule has 1 amide bonds. The molecule has 13 nitrogen and oxygen atoms in total. The molecule has 7 rings (SSSR count). The number of carbonyl (C=O) groups is 1.